The Labute approximate surface area is 262 Å². The molecule has 0 aliphatic rings. The van der Waals surface area contributed by atoms with Gasteiger partial charge in [-0.05, 0) is 103 Å². The van der Waals surface area contributed by atoms with Gasteiger partial charge in [0.2, 0.25) is 0 Å². The Morgan fingerprint density at radius 2 is 0.884 bits per heavy atom. The standard InChI is InChI=1S/C39H56O4/c1-8-10-12-14-16-40-35-20-30(3)18-33(24-35)28-42-37-22-32(27-39(5,6)7)23-38(26-37)43-29-34-19-31(4)21-36(25-34)41-17-15-13-11-9-2/h18-26H,8-17,27-29H2,1-7H3. The quantitative estimate of drug-likeness (QED) is 0.131. The Morgan fingerprint density at radius 1 is 0.465 bits per heavy atom. The highest BCUT2D eigenvalue weighted by Gasteiger charge is 2.14. The van der Waals surface area contributed by atoms with E-state index < -0.39 is 0 Å². The molecule has 236 valence electrons. The third kappa shape index (κ3) is 13.8. The molecular formula is C39H56O4. The number of benzene rings is 3. The molecule has 0 unspecified atom stereocenters. The average Bonchev–Trinajstić information content (AvgIpc) is 2.93. The number of aryl methyl sites for hydroxylation is 2. The first-order valence-corrected chi connectivity index (χ1v) is 16.5. The third-order valence-corrected chi connectivity index (χ3v) is 7.24. The van der Waals surface area contributed by atoms with Gasteiger partial charge in [-0.3, -0.25) is 0 Å². The van der Waals surface area contributed by atoms with Crippen molar-refractivity contribution in [3.63, 3.8) is 0 Å². The van der Waals surface area contributed by atoms with E-state index in [1.165, 1.54) is 55.2 Å². The van der Waals surface area contributed by atoms with Gasteiger partial charge < -0.3 is 18.9 Å². The lowest BCUT2D eigenvalue weighted by Gasteiger charge is -2.20. The van der Waals surface area contributed by atoms with Crippen LogP contribution < -0.4 is 18.9 Å². The molecule has 3 aromatic rings. The Hall–Kier alpha value is -3.14. The molecule has 0 N–H and O–H groups in total. The number of hydrogen-bond acceptors (Lipinski definition) is 4. The van der Waals surface area contributed by atoms with Crippen LogP contribution in [0.3, 0.4) is 0 Å². The highest BCUT2D eigenvalue weighted by atomic mass is 16.5. The van der Waals surface area contributed by atoms with E-state index in [4.69, 9.17) is 18.9 Å². The van der Waals surface area contributed by atoms with Gasteiger partial charge in [-0.15, -0.1) is 0 Å². The van der Waals surface area contributed by atoms with Crippen LogP contribution in [-0.4, -0.2) is 13.2 Å². The van der Waals surface area contributed by atoms with E-state index in [1.54, 1.807) is 0 Å². The lowest BCUT2D eigenvalue weighted by molar-refractivity contribution is 0.284. The van der Waals surface area contributed by atoms with Crippen molar-refractivity contribution < 1.29 is 18.9 Å². The van der Waals surface area contributed by atoms with Gasteiger partial charge in [0, 0.05) is 6.07 Å². The highest BCUT2D eigenvalue weighted by molar-refractivity contribution is 5.40. The summed E-state index contributed by atoms with van der Waals surface area (Å²) >= 11 is 0. The van der Waals surface area contributed by atoms with Crippen molar-refractivity contribution in [2.45, 2.75) is 119 Å². The maximum absolute atomic E-state index is 6.36. The summed E-state index contributed by atoms with van der Waals surface area (Å²) in [6, 6.07) is 19.1. The Morgan fingerprint density at radius 3 is 1.30 bits per heavy atom. The minimum absolute atomic E-state index is 0.149. The molecule has 0 bridgehead atoms. The van der Waals surface area contributed by atoms with Gasteiger partial charge in [-0.1, -0.05) is 85.3 Å². The molecule has 0 aliphatic heterocycles. The summed E-state index contributed by atoms with van der Waals surface area (Å²) in [5.41, 5.74) is 5.93. The zero-order valence-electron chi connectivity index (χ0n) is 28.0. The predicted octanol–water partition coefficient (Wildman–Crippen LogP) is 11.0. The maximum atomic E-state index is 6.36. The molecule has 3 rings (SSSR count). The first-order valence-electron chi connectivity index (χ1n) is 16.5. The highest BCUT2D eigenvalue weighted by Crippen LogP contribution is 2.30. The van der Waals surface area contributed by atoms with Crippen LogP contribution in [0.1, 0.15) is 114 Å². The number of unbranched alkanes of at least 4 members (excludes halogenated alkanes) is 6. The molecule has 0 saturated heterocycles. The smallest absolute Gasteiger partial charge is 0.123 e. The predicted molar refractivity (Wildman–Crippen MR) is 180 cm³/mol. The summed E-state index contributed by atoms with van der Waals surface area (Å²) in [4.78, 5) is 0. The largest absolute Gasteiger partial charge is 0.494 e. The Bertz CT molecular complexity index is 1150. The second kappa shape index (κ2) is 17.9. The normalized spacial score (nSPS) is 11.4. The molecule has 3 aromatic carbocycles. The van der Waals surface area contributed by atoms with Gasteiger partial charge in [-0.2, -0.15) is 0 Å². The van der Waals surface area contributed by atoms with Crippen molar-refractivity contribution in [1.82, 2.24) is 0 Å². The van der Waals surface area contributed by atoms with E-state index in [0.717, 1.165) is 66.6 Å². The lowest BCUT2D eigenvalue weighted by atomic mass is 9.88. The topological polar surface area (TPSA) is 36.9 Å². The summed E-state index contributed by atoms with van der Waals surface area (Å²) in [7, 11) is 0. The van der Waals surface area contributed by atoms with Crippen LogP contribution in [0.25, 0.3) is 0 Å². The SMILES string of the molecule is CCCCCCOc1cc(C)cc(COc2cc(CC(C)(C)C)cc(OCc3cc(C)cc(OCCCCCC)c3)c2)c1. The van der Waals surface area contributed by atoms with Crippen molar-refractivity contribution in [3.05, 3.63) is 82.4 Å². The van der Waals surface area contributed by atoms with Gasteiger partial charge in [0.25, 0.3) is 0 Å². The summed E-state index contributed by atoms with van der Waals surface area (Å²) in [6.45, 7) is 17.9. The molecule has 0 heterocycles. The van der Waals surface area contributed by atoms with Gasteiger partial charge in [0.15, 0.2) is 0 Å². The van der Waals surface area contributed by atoms with Crippen molar-refractivity contribution in [1.29, 1.82) is 0 Å². The fraction of sp³-hybridized carbons (Fsp3) is 0.538. The van der Waals surface area contributed by atoms with Crippen LogP contribution in [0, 0.1) is 19.3 Å². The fourth-order valence-corrected chi connectivity index (χ4v) is 5.27. The molecule has 4 nitrogen and oxygen atoms in total. The molecule has 0 aromatic heterocycles. The minimum Gasteiger partial charge on any atom is -0.494 e. The molecule has 0 radical (unpaired) electrons. The lowest BCUT2D eigenvalue weighted by Crippen LogP contribution is -2.09. The van der Waals surface area contributed by atoms with Gasteiger partial charge >= 0.3 is 0 Å². The first kappa shape index (κ1) is 34.4. The molecule has 0 aliphatic carbocycles. The second-order valence-corrected chi connectivity index (χ2v) is 13.3. The number of ether oxygens (including phenoxy) is 4. The Balaban J connectivity index is 1.67. The van der Waals surface area contributed by atoms with Crippen LogP contribution in [0.2, 0.25) is 0 Å². The zero-order chi connectivity index (χ0) is 31.1. The monoisotopic (exact) mass is 588 g/mol. The van der Waals surface area contributed by atoms with E-state index in [9.17, 15) is 0 Å². The number of rotatable bonds is 19. The van der Waals surface area contributed by atoms with E-state index in [-0.39, 0.29) is 5.41 Å². The fourth-order valence-electron chi connectivity index (χ4n) is 5.27. The summed E-state index contributed by atoms with van der Waals surface area (Å²) in [5.74, 6) is 3.48. The molecule has 0 saturated carbocycles. The van der Waals surface area contributed by atoms with Crippen LogP contribution in [0.15, 0.2) is 54.6 Å². The van der Waals surface area contributed by atoms with Crippen LogP contribution in [0.4, 0.5) is 0 Å². The van der Waals surface area contributed by atoms with Crippen LogP contribution in [0.5, 0.6) is 23.0 Å². The molecule has 0 atom stereocenters. The molecular weight excluding hydrogens is 532 g/mol. The van der Waals surface area contributed by atoms with E-state index in [0.29, 0.717) is 13.2 Å². The van der Waals surface area contributed by atoms with Crippen molar-refractivity contribution >= 4 is 0 Å². The molecule has 0 spiro atoms. The van der Waals surface area contributed by atoms with Crippen molar-refractivity contribution in [2.24, 2.45) is 5.41 Å². The van der Waals surface area contributed by atoms with Gasteiger partial charge in [0.05, 0.1) is 13.2 Å². The third-order valence-electron chi connectivity index (χ3n) is 7.24. The van der Waals surface area contributed by atoms with Gasteiger partial charge in [-0.25, -0.2) is 0 Å². The molecule has 43 heavy (non-hydrogen) atoms. The van der Waals surface area contributed by atoms with Crippen molar-refractivity contribution in [2.75, 3.05) is 13.2 Å². The van der Waals surface area contributed by atoms with Crippen molar-refractivity contribution in [3.8, 4) is 23.0 Å². The second-order valence-electron chi connectivity index (χ2n) is 13.3. The average molecular weight is 589 g/mol. The van der Waals surface area contributed by atoms with Crippen LogP contribution in [-0.2, 0) is 19.6 Å². The summed E-state index contributed by atoms with van der Waals surface area (Å²) < 4.78 is 24.8. The minimum atomic E-state index is 0.149. The maximum Gasteiger partial charge on any atom is 0.123 e. The van der Waals surface area contributed by atoms with Crippen LogP contribution >= 0.6 is 0 Å². The van der Waals surface area contributed by atoms with Gasteiger partial charge in [0.1, 0.15) is 36.2 Å². The summed E-state index contributed by atoms with van der Waals surface area (Å²) in [6.07, 6.45) is 10.5. The summed E-state index contributed by atoms with van der Waals surface area (Å²) in [5, 5.41) is 0. The van der Waals surface area contributed by atoms with E-state index in [2.05, 4.69) is 97.0 Å². The molecule has 4 heteroatoms. The van der Waals surface area contributed by atoms with E-state index >= 15 is 0 Å². The zero-order valence-corrected chi connectivity index (χ0v) is 28.0. The number of hydrogen-bond donors (Lipinski definition) is 0. The molecule has 0 fully saturated rings. The Kier molecular flexibility index (Phi) is 14.3. The van der Waals surface area contributed by atoms with E-state index in [1.807, 2.05) is 6.07 Å². The first-order chi connectivity index (χ1) is 20.6. The molecule has 0 amide bonds.